The van der Waals surface area contributed by atoms with Gasteiger partial charge in [0.05, 0.1) is 5.92 Å². The van der Waals surface area contributed by atoms with Crippen LogP contribution in [0.1, 0.15) is 35.4 Å². The number of carboxylic acid groups (broad SMARTS) is 1. The van der Waals surface area contributed by atoms with Gasteiger partial charge in [0, 0.05) is 13.1 Å². The molecule has 0 bridgehead atoms. The number of carbonyl (C=O) groups excluding carboxylic acids is 1. The number of carbonyl (C=O) groups is 2. The lowest BCUT2D eigenvalue weighted by Gasteiger charge is -2.33. The summed E-state index contributed by atoms with van der Waals surface area (Å²) in [6, 6.07) is 23.0. The highest BCUT2D eigenvalue weighted by Gasteiger charge is 2.35. The van der Waals surface area contributed by atoms with E-state index in [-0.39, 0.29) is 24.8 Å². The van der Waals surface area contributed by atoms with Crippen LogP contribution in [0, 0.1) is 11.2 Å². The minimum atomic E-state index is -1.14. The Hall–Kier alpha value is -4.20. The summed E-state index contributed by atoms with van der Waals surface area (Å²) in [6.07, 6.45) is 0.532. The third-order valence-corrected chi connectivity index (χ3v) is 5.69. The first kappa shape index (κ1) is 25.4. The number of halogens is 1. The predicted octanol–water partition coefficient (Wildman–Crippen LogP) is 3.70. The van der Waals surface area contributed by atoms with Gasteiger partial charge >= 0.3 is 5.97 Å². The lowest BCUT2D eigenvalue weighted by Crippen LogP contribution is -2.47. The second-order valence-corrected chi connectivity index (χ2v) is 8.18. The number of nitrogens with two attached hydrogens (primary N) is 1. The third kappa shape index (κ3) is 7.14. The molecule has 3 rings (SSSR count). The van der Waals surface area contributed by atoms with E-state index in [0.717, 1.165) is 11.1 Å². The normalized spacial score (nSPS) is 11.6. The van der Waals surface area contributed by atoms with Crippen LogP contribution in [0.15, 0.2) is 84.9 Å². The third-order valence-electron chi connectivity index (χ3n) is 5.69. The second kappa shape index (κ2) is 12.3. The van der Waals surface area contributed by atoms with E-state index in [9.17, 15) is 19.1 Å². The van der Waals surface area contributed by atoms with Crippen molar-refractivity contribution in [3.8, 4) is 0 Å². The summed E-state index contributed by atoms with van der Waals surface area (Å²) in [7, 11) is 0. The molecule has 5 N–H and O–H groups in total. The maximum atomic E-state index is 14.1. The Kier molecular flexibility index (Phi) is 8.95. The van der Waals surface area contributed by atoms with E-state index in [2.05, 4.69) is 5.32 Å². The van der Waals surface area contributed by atoms with E-state index in [1.165, 1.54) is 17.0 Å². The van der Waals surface area contributed by atoms with Gasteiger partial charge in [-0.2, -0.15) is 0 Å². The zero-order valence-corrected chi connectivity index (χ0v) is 19.2. The fourth-order valence-corrected chi connectivity index (χ4v) is 3.99. The van der Waals surface area contributed by atoms with Gasteiger partial charge in [0.1, 0.15) is 11.9 Å². The Balaban J connectivity index is 2.00. The van der Waals surface area contributed by atoms with Crippen molar-refractivity contribution < 1.29 is 19.1 Å². The molecule has 0 aliphatic carbocycles. The average Bonchev–Trinajstić information content (AvgIpc) is 2.85. The molecule has 0 saturated heterocycles. The van der Waals surface area contributed by atoms with Gasteiger partial charge in [-0.3, -0.25) is 10.2 Å². The van der Waals surface area contributed by atoms with Crippen molar-refractivity contribution in [3.63, 3.8) is 0 Å². The Morgan fingerprint density at radius 1 is 0.943 bits per heavy atom. The summed E-state index contributed by atoms with van der Waals surface area (Å²) in [5, 5.41) is 20.1. The Labute approximate surface area is 203 Å². The average molecular weight is 477 g/mol. The first-order valence-corrected chi connectivity index (χ1v) is 11.3. The van der Waals surface area contributed by atoms with Crippen LogP contribution in [-0.2, 0) is 16.1 Å². The highest BCUT2D eigenvalue weighted by Crippen LogP contribution is 2.29. The minimum absolute atomic E-state index is 0.00633. The van der Waals surface area contributed by atoms with Crippen LogP contribution in [0.5, 0.6) is 0 Å². The standard InChI is InChI=1S/C27H29FN4O3/c28-22-15-13-19(14-16-22)18-32(23(26(34)35)12-7-17-31-27(29)30)25(33)24(20-8-3-1-4-9-20)21-10-5-2-6-11-21/h1-6,8-11,13-16,23-24H,7,12,17-18H2,(H,34,35)(H4,29,30,31)/t23-/m1/s1. The van der Waals surface area contributed by atoms with Gasteiger partial charge in [-0.1, -0.05) is 72.8 Å². The quantitative estimate of drug-likeness (QED) is 0.191. The maximum absolute atomic E-state index is 14.1. The minimum Gasteiger partial charge on any atom is -0.480 e. The van der Waals surface area contributed by atoms with Gasteiger partial charge in [0.2, 0.25) is 5.91 Å². The summed E-state index contributed by atoms with van der Waals surface area (Å²) < 4.78 is 13.5. The molecular formula is C27H29FN4O3. The molecule has 0 saturated carbocycles. The topological polar surface area (TPSA) is 120 Å². The molecule has 0 fully saturated rings. The van der Waals surface area contributed by atoms with E-state index in [0.29, 0.717) is 18.5 Å². The molecular weight excluding hydrogens is 447 g/mol. The molecule has 3 aromatic carbocycles. The lowest BCUT2D eigenvalue weighted by atomic mass is 9.89. The number of hydrogen-bond donors (Lipinski definition) is 4. The van der Waals surface area contributed by atoms with Gasteiger partial charge in [-0.25, -0.2) is 9.18 Å². The summed E-state index contributed by atoms with van der Waals surface area (Å²) in [5.74, 6) is -2.83. The van der Waals surface area contributed by atoms with Crippen molar-refractivity contribution in [1.29, 1.82) is 5.41 Å². The van der Waals surface area contributed by atoms with Gasteiger partial charge in [-0.05, 0) is 41.7 Å². The summed E-state index contributed by atoms with van der Waals surface area (Å²) in [4.78, 5) is 27.8. The lowest BCUT2D eigenvalue weighted by molar-refractivity contribution is -0.151. The van der Waals surface area contributed by atoms with Gasteiger partial charge in [0.15, 0.2) is 5.96 Å². The Morgan fingerprint density at radius 2 is 1.49 bits per heavy atom. The highest BCUT2D eigenvalue weighted by atomic mass is 19.1. The van der Waals surface area contributed by atoms with Crippen LogP contribution >= 0.6 is 0 Å². The molecule has 1 atom stereocenters. The Morgan fingerprint density at radius 3 is 1.97 bits per heavy atom. The van der Waals surface area contributed by atoms with Crippen LogP contribution in [0.4, 0.5) is 4.39 Å². The molecule has 7 nitrogen and oxygen atoms in total. The monoisotopic (exact) mass is 476 g/mol. The van der Waals surface area contributed by atoms with Crippen LogP contribution in [0.25, 0.3) is 0 Å². The van der Waals surface area contributed by atoms with E-state index in [1.807, 2.05) is 60.7 Å². The van der Waals surface area contributed by atoms with E-state index in [1.54, 1.807) is 12.1 Å². The van der Waals surface area contributed by atoms with Crippen molar-refractivity contribution in [1.82, 2.24) is 10.2 Å². The van der Waals surface area contributed by atoms with Crippen LogP contribution in [0.2, 0.25) is 0 Å². The smallest absolute Gasteiger partial charge is 0.326 e. The molecule has 3 aromatic rings. The van der Waals surface area contributed by atoms with Crippen LogP contribution < -0.4 is 11.1 Å². The van der Waals surface area contributed by atoms with E-state index < -0.39 is 23.7 Å². The number of aliphatic carboxylic acids is 1. The molecule has 0 aromatic heterocycles. The molecule has 0 unspecified atom stereocenters. The number of rotatable bonds is 11. The van der Waals surface area contributed by atoms with Crippen LogP contribution in [-0.4, -0.2) is 40.4 Å². The molecule has 182 valence electrons. The molecule has 0 radical (unpaired) electrons. The van der Waals surface area contributed by atoms with Gasteiger partial charge in [0.25, 0.3) is 0 Å². The molecule has 8 heteroatoms. The van der Waals surface area contributed by atoms with Gasteiger partial charge in [-0.15, -0.1) is 0 Å². The summed E-state index contributed by atoms with van der Waals surface area (Å²) in [5.41, 5.74) is 7.43. The van der Waals surface area contributed by atoms with Gasteiger partial charge < -0.3 is 21.1 Å². The predicted molar refractivity (Wildman–Crippen MR) is 132 cm³/mol. The highest BCUT2D eigenvalue weighted by molar-refractivity contribution is 5.90. The zero-order valence-electron chi connectivity index (χ0n) is 19.2. The molecule has 0 spiro atoms. The molecule has 0 aliphatic rings. The summed E-state index contributed by atoms with van der Waals surface area (Å²) >= 11 is 0. The van der Waals surface area contributed by atoms with Crippen molar-refractivity contribution >= 4 is 17.8 Å². The van der Waals surface area contributed by atoms with E-state index >= 15 is 0 Å². The fourth-order valence-electron chi connectivity index (χ4n) is 3.99. The number of nitrogens with one attached hydrogen (secondary N) is 2. The number of amides is 1. The number of benzene rings is 3. The SMILES string of the molecule is N=C(N)NCCC[C@H](C(=O)O)N(Cc1ccc(F)cc1)C(=O)C(c1ccccc1)c1ccccc1. The number of carboxylic acids is 1. The number of guanidine groups is 1. The first-order valence-electron chi connectivity index (χ1n) is 11.3. The van der Waals surface area contributed by atoms with Crippen molar-refractivity contribution in [3.05, 3.63) is 107 Å². The van der Waals surface area contributed by atoms with Crippen molar-refractivity contribution in [2.45, 2.75) is 31.3 Å². The van der Waals surface area contributed by atoms with Crippen molar-refractivity contribution in [2.24, 2.45) is 5.73 Å². The molecule has 0 aliphatic heterocycles. The molecule has 1 amide bonds. The van der Waals surface area contributed by atoms with Crippen molar-refractivity contribution in [2.75, 3.05) is 6.54 Å². The Bertz CT molecular complexity index is 1080. The first-order chi connectivity index (χ1) is 16.9. The molecule has 0 heterocycles. The van der Waals surface area contributed by atoms with E-state index in [4.69, 9.17) is 11.1 Å². The summed E-state index contributed by atoms with van der Waals surface area (Å²) in [6.45, 7) is 0.310. The zero-order chi connectivity index (χ0) is 25.2. The second-order valence-electron chi connectivity index (χ2n) is 8.18. The maximum Gasteiger partial charge on any atom is 0.326 e. The molecule has 35 heavy (non-hydrogen) atoms. The fraction of sp³-hybridized carbons (Fsp3) is 0.222. The largest absolute Gasteiger partial charge is 0.480 e. The number of nitrogens with zero attached hydrogens (tertiary/aromatic N) is 1. The number of hydrogen-bond acceptors (Lipinski definition) is 3. The van der Waals surface area contributed by atoms with Crippen LogP contribution in [0.3, 0.4) is 0 Å².